The van der Waals surface area contributed by atoms with E-state index in [4.69, 9.17) is 5.11 Å². The molecular weight excluding hydrogens is 234 g/mol. The van der Waals surface area contributed by atoms with Crippen LogP contribution in [-0.2, 0) is 9.59 Å². The highest BCUT2D eigenvalue weighted by Gasteiger charge is 2.36. The normalized spacial score (nSPS) is 19.3. The Morgan fingerprint density at radius 2 is 1.94 bits per heavy atom. The number of phenols is 1. The number of hydrogen-bond donors (Lipinski definition) is 2. The van der Waals surface area contributed by atoms with Crippen molar-refractivity contribution >= 4 is 17.6 Å². The molecule has 1 aliphatic rings. The summed E-state index contributed by atoms with van der Waals surface area (Å²) in [6, 6.07) is 3.30. The zero-order valence-corrected chi connectivity index (χ0v) is 10.3. The number of amides is 1. The van der Waals surface area contributed by atoms with E-state index in [-0.39, 0.29) is 24.6 Å². The standard InChI is InChI=1S/C13H15NO4/c1-7-3-10(11(15)4-8(7)2)14-6-9(13(17)18)5-12(14)16/h3-4,9,15H,5-6H2,1-2H3,(H,17,18)/t9-/m0/s1. The molecule has 5 nitrogen and oxygen atoms in total. The summed E-state index contributed by atoms with van der Waals surface area (Å²) in [5.41, 5.74) is 2.28. The van der Waals surface area contributed by atoms with E-state index in [2.05, 4.69) is 0 Å². The second-order valence-corrected chi connectivity index (χ2v) is 4.67. The van der Waals surface area contributed by atoms with E-state index < -0.39 is 11.9 Å². The van der Waals surface area contributed by atoms with Crippen LogP contribution in [0.4, 0.5) is 5.69 Å². The molecule has 0 aliphatic carbocycles. The molecule has 0 bridgehead atoms. The van der Waals surface area contributed by atoms with Crippen LogP contribution in [0.5, 0.6) is 5.75 Å². The van der Waals surface area contributed by atoms with Crippen molar-refractivity contribution in [3.05, 3.63) is 23.3 Å². The Bertz CT molecular complexity index is 524. The molecule has 0 radical (unpaired) electrons. The summed E-state index contributed by atoms with van der Waals surface area (Å²) in [6.07, 6.45) is -0.0122. The number of aryl methyl sites for hydroxylation is 2. The minimum Gasteiger partial charge on any atom is -0.506 e. The van der Waals surface area contributed by atoms with E-state index in [1.807, 2.05) is 13.8 Å². The first-order valence-electron chi connectivity index (χ1n) is 5.73. The molecule has 1 heterocycles. The van der Waals surface area contributed by atoms with Crippen LogP contribution in [0, 0.1) is 19.8 Å². The fourth-order valence-corrected chi connectivity index (χ4v) is 2.11. The summed E-state index contributed by atoms with van der Waals surface area (Å²) >= 11 is 0. The Hall–Kier alpha value is -2.04. The molecule has 1 amide bonds. The van der Waals surface area contributed by atoms with Gasteiger partial charge in [-0.15, -0.1) is 0 Å². The van der Waals surface area contributed by atoms with Gasteiger partial charge in [0.2, 0.25) is 5.91 Å². The Morgan fingerprint density at radius 1 is 1.33 bits per heavy atom. The molecule has 1 fully saturated rings. The zero-order chi connectivity index (χ0) is 13.4. The quantitative estimate of drug-likeness (QED) is 0.831. The molecule has 5 heteroatoms. The average molecular weight is 249 g/mol. The minimum atomic E-state index is -0.978. The third-order valence-electron chi connectivity index (χ3n) is 3.36. The minimum absolute atomic E-state index is 0.0116. The molecule has 1 aromatic rings. The summed E-state index contributed by atoms with van der Waals surface area (Å²) < 4.78 is 0. The number of carboxylic acids is 1. The van der Waals surface area contributed by atoms with E-state index in [1.54, 1.807) is 12.1 Å². The monoisotopic (exact) mass is 249 g/mol. The lowest BCUT2D eigenvalue weighted by atomic mass is 10.1. The Balaban J connectivity index is 2.35. The van der Waals surface area contributed by atoms with Crippen LogP contribution in [0.15, 0.2) is 12.1 Å². The van der Waals surface area contributed by atoms with Gasteiger partial charge < -0.3 is 15.1 Å². The van der Waals surface area contributed by atoms with Gasteiger partial charge in [-0.25, -0.2) is 0 Å². The molecule has 0 aromatic heterocycles. The lowest BCUT2D eigenvalue weighted by molar-refractivity contribution is -0.141. The van der Waals surface area contributed by atoms with Gasteiger partial charge in [-0.1, -0.05) is 0 Å². The lowest BCUT2D eigenvalue weighted by Crippen LogP contribution is -2.26. The molecule has 0 unspecified atom stereocenters. The summed E-state index contributed by atoms with van der Waals surface area (Å²) in [6.45, 7) is 3.86. The van der Waals surface area contributed by atoms with Gasteiger partial charge in [0.1, 0.15) is 5.75 Å². The van der Waals surface area contributed by atoms with Crippen LogP contribution in [0.1, 0.15) is 17.5 Å². The van der Waals surface area contributed by atoms with Crippen LogP contribution in [0.3, 0.4) is 0 Å². The topological polar surface area (TPSA) is 77.8 Å². The highest BCUT2D eigenvalue weighted by atomic mass is 16.4. The van der Waals surface area contributed by atoms with E-state index >= 15 is 0 Å². The SMILES string of the molecule is Cc1cc(O)c(N2C[C@@H](C(=O)O)CC2=O)cc1C. The average Bonchev–Trinajstić information content (AvgIpc) is 2.66. The Morgan fingerprint density at radius 3 is 2.50 bits per heavy atom. The second kappa shape index (κ2) is 4.33. The van der Waals surface area contributed by atoms with Gasteiger partial charge >= 0.3 is 5.97 Å². The number of phenolic OH excluding ortho intramolecular Hbond substituents is 1. The lowest BCUT2D eigenvalue weighted by Gasteiger charge is -2.19. The summed E-state index contributed by atoms with van der Waals surface area (Å²) in [5.74, 6) is -1.92. The molecule has 1 atom stereocenters. The maximum atomic E-state index is 11.8. The molecule has 2 N–H and O–H groups in total. The number of rotatable bonds is 2. The number of benzene rings is 1. The van der Waals surface area contributed by atoms with E-state index in [0.29, 0.717) is 5.69 Å². The molecule has 96 valence electrons. The molecule has 18 heavy (non-hydrogen) atoms. The first-order chi connectivity index (χ1) is 8.40. The molecule has 0 spiro atoms. The molecule has 2 rings (SSSR count). The zero-order valence-electron chi connectivity index (χ0n) is 10.3. The number of hydrogen-bond acceptors (Lipinski definition) is 3. The number of nitrogens with zero attached hydrogens (tertiary/aromatic N) is 1. The van der Waals surface area contributed by atoms with Gasteiger partial charge in [0, 0.05) is 13.0 Å². The Labute approximate surface area is 105 Å². The molecular formula is C13H15NO4. The van der Waals surface area contributed by atoms with E-state index in [0.717, 1.165) is 11.1 Å². The molecule has 1 aliphatic heterocycles. The number of aromatic hydroxyl groups is 1. The highest BCUT2D eigenvalue weighted by Crippen LogP contribution is 2.34. The van der Waals surface area contributed by atoms with Crippen molar-refractivity contribution in [2.24, 2.45) is 5.92 Å². The van der Waals surface area contributed by atoms with Crippen molar-refractivity contribution in [1.82, 2.24) is 0 Å². The van der Waals surface area contributed by atoms with Crippen molar-refractivity contribution in [1.29, 1.82) is 0 Å². The maximum absolute atomic E-state index is 11.8. The number of carboxylic acid groups (broad SMARTS) is 1. The van der Waals surface area contributed by atoms with Crippen LogP contribution >= 0.6 is 0 Å². The van der Waals surface area contributed by atoms with Crippen LogP contribution in [0.25, 0.3) is 0 Å². The fraction of sp³-hybridized carbons (Fsp3) is 0.385. The molecule has 1 aromatic carbocycles. The Kier molecular flexibility index (Phi) is 2.98. The third-order valence-corrected chi connectivity index (χ3v) is 3.36. The van der Waals surface area contributed by atoms with Gasteiger partial charge in [0.25, 0.3) is 0 Å². The van der Waals surface area contributed by atoms with Gasteiger partial charge in [0.15, 0.2) is 0 Å². The van der Waals surface area contributed by atoms with Crippen molar-refractivity contribution in [2.45, 2.75) is 20.3 Å². The predicted molar refractivity (Wildman–Crippen MR) is 65.7 cm³/mol. The van der Waals surface area contributed by atoms with Crippen LogP contribution in [0.2, 0.25) is 0 Å². The predicted octanol–water partition coefficient (Wildman–Crippen LogP) is 1.45. The number of aliphatic carboxylic acids is 1. The second-order valence-electron chi connectivity index (χ2n) is 4.67. The van der Waals surface area contributed by atoms with E-state index in [9.17, 15) is 14.7 Å². The number of carbonyl (C=O) groups is 2. The highest BCUT2D eigenvalue weighted by molar-refractivity contribution is 6.00. The van der Waals surface area contributed by atoms with Crippen molar-refractivity contribution < 1.29 is 19.8 Å². The van der Waals surface area contributed by atoms with Crippen molar-refractivity contribution in [3.8, 4) is 5.75 Å². The summed E-state index contributed by atoms with van der Waals surface area (Å²) in [5, 5.41) is 18.8. The first-order valence-corrected chi connectivity index (χ1v) is 5.73. The van der Waals surface area contributed by atoms with Crippen LogP contribution < -0.4 is 4.90 Å². The van der Waals surface area contributed by atoms with Gasteiger partial charge in [-0.2, -0.15) is 0 Å². The smallest absolute Gasteiger partial charge is 0.308 e. The molecule has 1 saturated heterocycles. The van der Waals surface area contributed by atoms with Crippen LogP contribution in [-0.4, -0.2) is 28.6 Å². The van der Waals surface area contributed by atoms with Gasteiger partial charge in [0.05, 0.1) is 11.6 Å². The van der Waals surface area contributed by atoms with E-state index in [1.165, 1.54) is 4.90 Å². The van der Waals surface area contributed by atoms with Gasteiger partial charge in [-0.3, -0.25) is 9.59 Å². The molecule has 0 saturated carbocycles. The fourth-order valence-electron chi connectivity index (χ4n) is 2.11. The maximum Gasteiger partial charge on any atom is 0.308 e. The number of anilines is 1. The van der Waals surface area contributed by atoms with Crippen molar-refractivity contribution in [3.63, 3.8) is 0 Å². The number of carbonyl (C=O) groups excluding carboxylic acids is 1. The third kappa shape index (κ3) is 2.03. The summed E-state index contributed by atoms with van der Waals surface area (Å²) in [4.78, 5) is 24.0. The summed E-state index contributed by atoms with van der Waals surface area (Å²) in [7, 11) is 0. The van der Waals surface area contributed by atoms with Crippen molar-refractivity contribution in [2.75, 3.05) is 11.4 Å². The first kappa shape index (κ1) is 12.4. The largest absolute Gasteiger partial charge is 0.506 e. The van der Waals surface area contributed by atoms with Gasteiger partial charge in [-0.05, 0) is 37.1 Å².